The molecule has 1 spiro atoms. The summed E-state index contributed by atoms with van der Waals surface area (Å²) >= 11 is 0. The summed E-state index contributed by atoms with van der Waals surface area (Å²) < 4.78 is 48.8. The zero-order valence-electron chi connectivity index (χ0n) is 17.3. The monoisotopic (exact) mass is 448 g/mol. The molecule has 1 N–H and O–H groups in total. The van der Waals surface area contributed by atoms with Crippen molar-refractivity contribution in [1.29, 1.82) is 0 Å². The fourth-order valence-corrected chi connectivity index (χ4v) is 3.46. The summed E-state index contributed by atoms with van der Waals surface area (Å²) in [5.74, 6) is -2.58. The number of aromatic nitrogens is 1. The standard InChI is InChI=1S/C18H26N2O4.C2HF3O2/c1-22-11-4-17(21)20-9-5-18(6-10-20)12-16(14-24-18)23-13-15-2-7-19-8-3-15;3-2(4,5)1(6)7/h2-3,7-8,16H,4-6,9-14H2,1H3;(H,6,7). The van der Waals surface area contributed by atoms with Gasteiger partial charge in [0.1, 0.15) is 0 Å². The van der Waals surface area contributed by atoms with Gasteiger partial charge in [0.15, 0.2) is 0 Å². The lowest BCUT2D eigenvalue weighted by Crippen LogP contribution is -2.46. The Morgan fingerprint density at radius 3 is 2.45 bits per heavy atom. The predicted octanol–water partition coefficient (Wildman–Crippen LogP) is 2.42. The van der Waals surface area contributed by atoms with Crippen LogP contribution in [0.1, 0.15) is 31.2 Å². The summed E-state index contributed by atoms with van der Waals surface area (Å²) in [5, 5.41) is 7.12. The highest BCUT2D eigenvalue weighted by molar-refractivity contribution is 5.76. The number of rotatable bonds is 6. The number of aliphatic carboxylic acids is 1. The number of nitrogens with zero attached hydrogens (tertiary/aromatic N) is 2. The molecule has 2 saturated heterocycles. The lowest BCUT2D eigenvalue weighted by molar-refractivity contribution is -0.192. The van der Waals surface area contributed by atoms with Crippen LogP contribution in [0.3, 0.4) is 0 Å². The van der Waals surface area contributed by atoms with Crippen LogP contribution < -0.4 is 0 Å². The first-order chi connectivity index (χ1) is 14.6. The predicted molar refractivity (Wildman–Crippen MR) is 102 cm³/mol. The van der Waals surface area contributed by atoms with Crippen LogP contribution in [0.5, 0.6) is 0 Å². The second kappa shape index (κ2) is 11.4. The highest BCUT2D eigenvalue weighted by atomic mass is 19.4. The normalized spacial score (nSPS) is 20.3. The molecule has 2 fully saturated rings. The molecule has 3 heterocycles. The van der Waals surface area contributed by atoms with Crippen molar-refractivity contribution in [3.63, 3.8) is 0 Å². The molecular weight excluding hydrogens is 421 g/mol. The van der Waals surface area contributed by atoms with Crippen molar-refractivity contribution in [2.45, 2.75) is 50.2 Å². The number of alkyl halides is 3. The van der Waals surface area contributed by atoms with Crippen LogP contribution in [-0.2, 0) is 30.4 Å². The SMILES string of the molecule is COCCC(=O)N1CCC2(CC1)CC(OCc1ccncc1)CO2.O=C(O)C(F)(F)F. The number of pyridine rings is 1. The first-order valence-corrected chi connectivity index (χ1v) is 9.86. The zero-order valence-corrected chi connectivity index (χ0v) is 17.3. The van der Waals surface area contributed by atoms with Crippen LogP contribution in [-0.4, -0.2) is 78.2 Å². The number of likely N-dealkylation sites (tertiary alicyclic amines) is 1. The molecule has 1 unspecified atom stereocenters. The molecule has 0 saturated carbocycles. The van der Waals surface area contributed by atoms with Crippen LogP contribution in [0, 0.1) is 0 Å². The second-order valence-electron chi connectivity index (χ2n) is 7.41. The lowest BCUT2D eigenvalue weighted by atomic mass is 9.88. The first kappa shape index (κ1) is 25.0. The number of hydrogen-bond donors (Lipinski definition) is 1. The average molecular weight is 448 g/mol. The molecule has 0 aromatic carbocycles. The number of amides is 1. The fourth-order valence-electron chi connectivity index (χ4n) is 3.46. The lowest BCUT2D eigenvalue weighted by Gasteiger charge is -2.38. The summed E-state index contributed by atoms with van der Waals surface area (Å²) in [6, 6.07) is 3.94. The Morgan fingerprint density at radius 2 is 1.90 bits per heavy atom. The van der Waals surface area contributed by atoms with Crippen molar-refractivity contribution in [2.75, 3.05) is 33.4 Å². The van der Waals surface area contributed by atoms with E-state index in [9.17, 15) is 18.0 Å². The third kappa shape index (κ3) is 8.08. The van der Waals surface area contributed by atoms with Gasteiger partial charge in [0, 0.05) is 39.0 Å². The third-order valence-corrected chi connectivity index (χ3v) is 5.20. The van der Waals surface area contributed by atoms with E-state index in [0.29, 0.717) is 26.2 Å². The number of carbonyl (C=O) groups is 2. The van der Waals surface area contributed by atoms with Crippen LogP contribution in [0.4, 0.5) is 13.2 Å². The minimum Gasteiger partial charge on any atom is -0.475 e. The van der Waals surface area contributed by atoms with Gasteiger partial charge in [-0.25, -0.2) is 4.79 Å². The smallest absolute Gasteiger partial charge is 0.475 e. The molecule has 1 amide bonds. The summed E-state index contributed by atoms with van der Waals surface area (Å²) in [6.07, 6.45) is 1.76. The highest BCUT2D eigenvalue weighted by Crippen LogP contribution is 2.37. The fraction of sp³-hybridized carbons (Fsp3) is 0.650. The van der Waals surface area contributed by atoms with Gasteiger partial charge in [0.2, 0.25) is 5.91 Å². The number of carboxylic acids is 1. The maximum absolute atomic E-state index is 12.1. The molecule has 2 aliphatic heterocycles. The molecule has 1 aromatic rings. The Balaban J connectivity index is 0.000000423. The number of ether oxygens (including phenoxy) is 3. The van der Waals surface area contributed by atoms with Gasteiger partial charge in [-0.1, -0.05) is 0 Å². The molecule has 3 rings (SSSR count). The molecule has 174 valence electrons. The third-order valence-electron chi connectivity index (χ3n) is 5.20. The van der Waals surface area contributed by atoms with E-state index < -0.39 is 12.1 Å². The van der Waals surface area contributed by atoms with Gasteiger partial charge in [-0.2, -0.15) is 13.2 Å². The number of methoxy groups -OCH3 is 1. The van der Waals surface area contributed by atoms with Crippen molar-refractivity contribution >= 4 is 11.9 Å². The maximum Gasteiger partial charge on any atom is 0.490 e. The molecule has 11 heteroatoms. The number of hydrogen-bond acceptors (Lipinski definition) is 6. The van der Waals surface area contributed by atoms with Gasteiger partial charge in [-0.05, 0) is 30.5 Å². The van der Waals surface area contributed by atoms with Crippen molar-refractivity contribution in [1.82, 2.24) is 9.88 Å². The summed E-state index contributed by atoms with van der Waals surface area (Å²) in [6.45, 7) is 3.25. The summed E-state index contributed by atoms with van der Waals surface area (Å²) in [4.78, 5) is 26.9. The highest BCUT2D eigenvalue weighted by Gasteiger charge is 2.43. The van der Waals surface area contributed by atoms with E-state index in [2.05, 4.69) is 4.98 Å². The minimum absolute atomic E-state index is 0.110. The molecule has 1 aromatic heterocycles. The van der Waals surface area contributed by atoms with E-state index in [1.165, 1.54) is 0 Å². The topological polar surface area (TPSA) is 98.2 Å². The molecule has 31 heavy (non-hydrogen) atoms. The van der Waals surface area contributed by atoms with E-state index >= 15 is 0 Å². The number of carboxylic acid groups (broad SMARTS) is 1. The van der Waals surface area contributed by atoms with Crippen molar-refractivity contribution in [3.8, 4) is 0 Å². The van der Waals surface area contributed by atoms with Crippen molar-refractivity contribution < 1.29 is 42.1 Å². The molecule has 1 atom stereocenters. The molecule has 2 aliphatic rings. The first-order valence-electron chi connectivity index (χ1n) is 9.86. The maximum atomic E-state index is 12.1. The van der Waals surface area contributed by atoms with E-state index in [1.807, 2.05) is 17.0 Å². The van der Waals surface area contributed by atoms with Crippen molar-refractivity contribution in [3.05, 3.63) is 30.1 Å². The van der Waals surface area contributed by atoms with E-state index in [4.69, 9.17) is 24.1 Å². The van der Waals surface area contributed by atoms with E-state index in [-0.39, 0.29) is 17.6 Å². The Kier molecular flexibility index (Phi) is 9.20. The van der Waals surface area contributed by atoms with E-state index in [0.717, 1.165) is 37.9 Å². The second-order valence-corrected chi connectivity index (χ2v) is 7.41. The van der Waals surface area contributed by atoms with Gasteiger partial charge in [0.25, 0.3) is 0 Å². The number of carbonyl (C=O) groups excluding carboxylic acids is 1. The number of piperidine rings is 1. The van der Waals surface area contributed by atoms with Crippen LogP contribution in [0.2, 0.25) is 0 Å². The molecule has 8 nitrogen and oxygen atoms in total. The summed E-state index contributed by atoms with van der Waals surface area (Å²) in [7, 11) is 1.62. The Morgan fingerprint density at radius 1 is 1.29 bits per heavy atom. The van der Waals surface area contributed by atoms with Crippen LogP contribution in [0.15, 0.2) is 24.5 Å². The average Bonchev–Trinajstić information content (AvgIpc) is 3.14. The minimum atomic E-state index is -5.08. The van der Waals surface area contributed by atoms with E-state index in [1.54, 1.807) is 19.5 Å². The van der Waals surface area contributed by atoms with Gasteiger partial charge < -0.3 is 24.2 Å². The van der Waals surface area contributed by atoms with Gasteiger partial charge in [-0.3, -0.25) is 9.78 Å². The summed E-state index contributed by atoms with van der Waals surface area (Å²) in [5.41, 5.74) is 1.02. The Labute approximate surface area is 178 Å². The number of halogens is 3. The largest absolute Gasteiger partial charge is 0.490 e. The molecule has 0 bridgehead atoms. The van der Waals surface area contributed by atoms with Gasteiger partial charge >= 0.3 is 12.1 Å². The quantitative estimate of drug-likeness (QED) is 0.714. The van der Waals surface area contributed by atoms with Crippen LogP contribution in [0.25, 0.3) is 0 Å². The Hall–Kier alpha value is -2.24. The molecule has 0 radical (unpaired) electrons. The van der Waals surface area contributed by atoms with Gasteiger partial charge in [-0.15, -0.1) is 0 Å². The zero-order chi connectivity index (χ0) is 22.9. The Bertz CT molecular complexity index is 709. The van der Waals surface area contributed by atoms with Crippen LogP contribution >= 0.6 is 0 Å². The molecular formula is C20H27F3N2O6. The van der Waals surface area contributed by atoms with Crippen molar-refractivity contribution in [2.24, 2.45) is 0 Å². The molecule has 0 aliphatic carbocycles. The van der Waals surface area contributed by atoms with Gasteiger partial charge in [0.05, 0.1) is 37.9 Å².